The van der Waals surface area contributed by atoms with Gasteiger partial charge >= 0.3 is 6.03 Å². The Morgan fingerprint density at radius 2 is 1.83 bits per heavy atom. The van der Waals surface area contributed by atoms with Crippen LogP contribution < -0.4 is 20.1 Å². The highest BCUT2D eigenvalue weighted by Gasteiger charge is 2.09. The summed E-state index contributed by atoms with van der Waals surface area (Å²) in [5, 5.41) is 5.59. The molecule has 0 saturated heterocycles. The molecule has 0 heterocycles. The van der Waals surface area contributed by atoms with Gasteiger partial charge in [-0.25, -0.2) is 4.79 Å². The molecule has 0 fully saturated rings. The summed E-state index contributed by atoms with van der Waals surface area (Å²) in [5.74, 6) is 1.59. The Hall–Kier alpha value is -2.69. The molecule has 0 bridgehead atoms. The number of ether oxygens (including phenoxy) is 2. The number of carbonyl (C=O) groups excluding carboxylic acids is 1. The van der Waals surface area contributed by atoms with E-state index < -0.39 is 0 Å². The van der Waals surface area contributed by atoms with Crippen molar-refractivity contribution in [2.24, 2.45) is 0 Å². The van der Waals surface area contributed by atoms with E-state index in [0.29, 0.717) is 0 Å². The molecule has 0 aliphatic heterocycles. The summed E-state index contributed by atoms with van der Waals surface area (Å²) in [7, 11) is 1.63. The van der Waals surface area contributed by atoms with Gasteiger partial charge in [0.25, 0.3) is 0 Å². The van der Waals surface area contributed by atoms with E-state index in [9.17, 15) is 4.79 Å². The van der Waals surface area contributed by atoms with Crippen LogP contribution in [0.5, 0.6) is 11.5 Å². The van der Waals surface area contributed by atoms with E-state index in [1.807, 2.05) is 55.5 Å². The van der Waals surface area contributed by atoms with Gasteiger partial charge in [0.1, 0.15) is 11.5 Å². The van der Waals surface area contributed by atoms with Gasteiger partial charge in [0.15, 0.2) is 6.73 Å². The molecule has 24 heavy (non-hydrogen) atoms. The Balaban J connectivity index is 1.80. The van der Waals surface area contributed by atoms with Crippen molar-refractivity contribution in [3.8, 4) is 11.5 Å². The first-order chi connectivity index (χ1) is 11.6. The summed E-state index contributed by atoms with van der Waals surface area (Å²) in [6.07, 6.45) is 0.886. The normalized spacial score (nSPS) is 11.5. The topological polar surface area (TPSA) is 59.6 Å². The van der Waals surface area contributed by atoms with Crippen molar-refractivity contribution in [1.82, 2.24) is 10.6 Å². The summed E-state index contributed by atoms with van der Waals surface area (Å²) in [6.45, 7) is 4.12. The fourth-order valence-corrected chi connectivity index (χ4v) is 2.34. The summed E-state index contributed by atoms with van der Waals surface area (Å²) < 4.78 is 10.8. The van der Waals surface area contributed by atoms with Crippen molar-refractivity contribution in [1.29, 1.82) is 0 Å². The maximum absolute atomic E-state index is 12.0. The lowest BCUT2D eigenvalue weighted by atomic mass is 10.1. The number of hydrogen-bond donors (Lipinski definition) is 2. The van der Waals surface area contributed by atoms with Gasteiger partial charge in [-0.05, 0) is 42.7 Å². The molecule has 0 saturated carbocycles. The van der Waals surface area contributed by atoms with Gasteiger partial charge in [0, 0.05) is 0 Å². The van der Waals surface area contributed by atoms with Crippen LogP contribution in [0.15, 0.2) is 48.5 Å². The number of para-hydroxylation sites is 1. The monoisotopic (exact) mass is 328 g/mol. The molecule has 2 rings (SSSR count). The molecule has 0 spiro atoms. The summed E-state index contributed by atoms with van der Waals surface area (Å²) in [4.78, 5) is 12.0. The summed E-state index contributed by atoms with van der Waals surface area (Å²) in [5.41, 5.74) is 2.12. The van der Waals surface area contributed by atoms with E-state index in [0.717, 1.165) is 29.0 Å². The molecule has 2 aromatic carbocycles. The van der Waals surface area contributed by atoms with E-state index in [1.165, 1.54) is 0 Å². The highest BCUT2D eigenvalue weighted by molar-refractivity contribution is 5.74. The van der Waals surface area contributed by atoms with Crippen LogP contribution in [0.1, 0.15) is 31.0 Å². The Morgan fingerprint density at radius 1 is 1.12 bits per heavy atom. The largest absolute Gasteiger partial charge is 0.497 e. The van der Waals surface area contributed by atoms with Crippen molar-refractivity contribution in [2.75, 3.05) is 13.8 Å². The Bertz CT molecular complexity index is 656. The number of nitrogens with one attached hydrogen (secondary N) is 2. The van der Waals surface area contributed by atoms with Gasteiger partial charge in [0.2, 0.25) is 0 Å². The lowest BCUT2D eigenvalue weighted by Gasteiger charge is -2.16. The number of carbonyl (C=O) groups is 1. The molecule has 128 valence electrons. The zero-order valence-corrected chi connectivity index (χ0v) is 14.3. The summed E-state index contributed by atoms with van der Waals surface area (Å²) >= 11 is 0. The van der Waals surface area contributed by atoms with Gasteiger partial charge in [0.05, 0.1) is 13.2 Å². The molecule has 5 nitrogen and oxygen atoms in total. The van der Waals surface area contributed by atoms with Gasteiger partial charge < -0.3 is 20.1 Å². The molecule has 0 radical (unpaired) electrons. The van der Waals surface area contributed by atoms with E-state index in [-0.39, 0.29) is 18.8 Å². The minimum Gasteiger partial charge on any atom is -0.497 e. The fraction of sp³-hybridized carbons (Fsp3) is 0.316. The van der Waals surface area contributed by atoms with Gasteiger partial charge in [-0.1, -0.05) is 37.3 Å². The number of urea groups is 1. The molecule has 2 N–H and O–H groups in total. The highest BCUT2D eigenvalue weighted by atomic mass is 16.5. The molecule has 2 aromatic rings. The van der Waals surface area contributed by atoms with Gasteiger partial charge in [-0.2, -0.15) is 0 Å². The molecule has 1 unspecified atom stereocenters. The summed E-state index contributed by atoms with van der Waals surface area (Å²) in [6, 6.07) is 15.0. The van der Waals surface area contributed by atoms with E-state index >= 15 is 0 Å². The highest BCUT2D eigenvalue weighted by Crippen LogP contribution is 2.18. The number of benzene rings is 2. The molecule has 2 amide bonds. The Morgan fingerprint density at radius 3 is 2.50 bits per heavy atom. The first kappa shape index (κ1) is 17.7. The van der Waals surface area contributed by atoms with Crippen LogP contribution in [-0.2, 0) is 6.42 Å². The number of hydrogen-bond acceptors (Lipinski definition) is 3. The minimum atomic E-state index is -0.271. The fourth-order valence-electron chi connectivity index (χ4n) is 2.34. The zero-order valence-electron chi connectivity index (χ0n) is 14.3. The van der Waals surface area contributed by atoms with Crippen molar-refractivity contribution in [3.63, 3.8) is 0 Å². The second-order valence-corrected chi connectivity index (χ2v) is 5.40. The Kier molecular flexibility index (Phi) is 6.49. The maximum Gasteiger partial charge on any atom is 0.317 e. The van der Waals surface area contributed by atoms with Crippen LogP contribution in [0.3, 0.4) is 0 Å². The molecule has 0 aliphatic carbocycles. The first-order valence-corrected chi connectivity index (χ1v) is 8.03. The Labute approximate surface area is 143 Å². The van der Waals surface area contributed by atoms with Crippen molar-refractivity contribution < 1.29 is 14.3 Å². The van der Waals surface area contributed by atoms with Gasteiger partial charge in [-0.3, -0.25) is 0 Å². The first-order valence-electron chi connectivity index (χ1n) is 8.03. The molecule has 5 heteroatoms. The third-order valence-corrected chi connectivity index (χ3v) is 3.78. The predicted octanol–water partition coefficient (Wildman–Crippen LogP) is 3.65. The van der Waals surface area contributed by atoms with Crippen LogP contribution in [-0.4, -0.2) is 19.9 Å². The number of methoxy groups -OCH3 is 1. The van der Waals surface area contributed by atoms with E-state index in [1.54, 1.807) is 7.11 Å². The lowest BCUT2D eigenvalue weighted by molar-refractivity contribution is 0.221. The van der Waals surface area contributed by atoms with Crippen LogP contribution >= 0.6 is 0 Å². The number of aryl methyl sites for hydroxylation is 1. The number of rotatable bonds is 7. The van der Waals surface area contributed by atoms with Crippen LogP contribution in [0.4, 0.5) is 4.79 Å². The smallest absolute Gasteiger partial charge is 0.317 e. The van der Waals surface area contributed by atoms with E-state index in [2.05, 4.69) is 17.6 Å². The van der Waals surface area contributed by atoms with Crippen molar-refractivity contribution in [2.45, 2.75) is 26.3 Å². The molecule has 0 aliphatic rings. The standard InChI is InChI=1S/C19H24N2O3/c1-4-15-7-5-6-8-18(15)24-13-20-19(22)21-14(2)16-9-11-17(23-3)12-10-16/h5-12,14H,4,13H2,1-3H3,(H2,20,21,22). The van der Waals surface area contributed by atoms with Crippen molar-refractivity contribution in [3.05, 3.63) is 59.7 Å². The third-order valence-electron chi connectivity index (χ3n) is 3.78. The van der Waals surface area contributed by atoms with Crippen molar-refractivity contribution >= 4 is 6.03 Å². The second-order valence-electron chi connectivity index (χ2n) is 5.40. The van der Waals surface area contributed by atoms with Gasteiger partial charge in [-0.15, -0.1) is 0 Å². The molecular formula is C19H24N2O3. The predicted molar refractivity (Wildman–Crippen MR) is 94.4 cm³/mol. The van der Waals surface area contributed by atoms with Crippen LogP contribution in [0, 0.1) is 0 Å². The minimum absolute atomic E-state index is 0.112. The molecule has 0 aromatic heterocycles. The average Bonchev–Trinajstić information content (AvgIpc) is 2.62. The lowest BCUT2D eigenvalue weighted by Crippen LogP contribution is -2.39. The quantitative estimate of drug-likeness (QED) is 0.763. The average molecular weight is 328 g/mol. The third kappa shape index (κ3) is 4.91. The molecule has 1 atom stereocenters. The molecular weight excluding hydrogens is 304 g/mol. The second kappa shape index (κ2) is 8.82. The van der Waals surface area contributed by atoms with Crippen LogP contribution in [0.25, 0.3) is 0 Å². The SMILES string of the molecule is CCc1ccccc1OCNC(=O)NC(C)c1ccc(OC)cc1. The number of amides is 2. The van der Waals surface area contributed by atoms with E-state index in [4.69, 9.17) is 9.47 Å². The maximum atomic E-state index is 12.0. The zero-order chi connectivity index (χ0) is 17.4. The van der Waals surface area contributed by atoms with Crippen LogP contribution in [0.2, 0.25) is 0 Å².